The monoisotopic (exact) mass is 471 g/mol. The summed E-state index contributed by atoms with van der Waals surface area (Å²) in [5.74, 6) is -0.160. The molecule has 0 atom stereocenters. The molecule has 7 nitrogen and oxygen atoms in total. The van der Waals surface area contributed by atoms with E-state index in [9.17, 15) is 18.0 Å². The van der Waals surface area contributed by atoms with Crippen LogP contribution in [0.2, 0.25) is 0 Å². The highest BCUT2D eigenvalue weighted by Crippen LogP contribution is 2.23. The van der Waals surface area contributed by atoms with Gasteiger partial charge in [-0.05, 0) is 62.9 Å². The largest absolute Gasteiger partial charge is 0.356 e. The van der Waals surface area contributed by atoms with Gasteiger partial charge in [-0.3, -0.25) is 14.3 Å². The van der Waals surface area contributed by atoms with Crippen LogP contribution in [0.3, 0.4) is 0 Å². The van der Waals surface area contributed by atoms with Crippen molar-refractivity contribution >= 4 is 27.5 Å². The third kappa shape index (κ3) is 6.35. The second-order valence-electron chi connectivity index (χ2n) is 8.67. The Morgan fingerprint density at radius 3 is 2.45 bits per heavy atom. The number of carbonyl (C=O) groups is 2. The molecule has 3 rings (SSSR count). The van der Waals surface area contributed by atoms with Crippen molar-refractivity contribution in [3.63, 3.8) is 0 Å². The Balaban J connectivity index is 1.64. The number of aryl methyl sites for hydroxylation is 2. The third-order valence-corrected chi connectivity index (χ3v) is 7.51. The molecule has 2 N–H and O–H groups in total. The molecule has 33 heavy (non-hydrogen) atoms. The lowest BCUT2D eigenvalue weighted by atomic mass is 9.95. The molecule has 0 aliphatic carbocycles. The van der Waals surface area contributed by atoms with E-state index in [0.29, 0.717) is 49.3 Å². The van der Waals surface area contributed by atoms with Gasteiger partial charge in [0.25, 0.3) is 15.9 Å². The summed E-state index contributed by atoms with van der Waals surface area (Å²) >= 11 is 0. The van der Waals surface area contributed by atoms with E-state index in [2.05, 4.69) is 17.0 Å². The molecule has 178 valence electrons. The molecule has 2 amide bonds. The first-order chi connectivity index (χ1) is 15.7. The lowest BCUT2D eigenvalue weighted by Crippen LogP contribution is -2.43. The summed E-state index contributed by atoms with van der Waals surface area (Å²) in [6.45, 7) is 7.45. The van der Waals surface area contributed by atoms with Gasteiger partial charge in [0.1, 0.15) is 0 Å². The summed E-state index contributed by atoms with van der Waals surface area (Å²) in [5, 5.41) is 2.97. The van der Waals surface area contributed by atoms with Crippen LogP contribution in [-0.2, 0) is 14.8 Å². The Bertz CT molecular complexity index is 1110. The molecular weight excluding hydrogens is 438 g/mol. The van der Waals surface area contributed by atoms with Crippen LogP contribution in [-0.4, -0.2) is 44.8 Å². The SMILES string of the molecule is CCCCNC(=O)C1CCN(C(=O)c2cccc(NS(=O)(=O)c3ccc(C)cc3C)c2)CC1. The minimum absolute atomic E-state index is 0.0678. The summed E-state index contributed by atoms with van der Waals surface area (Å²) < 4.78 is 28.3. The van der Waals surface area contributed by atoms with Gasteiger partial charge >= 0.3 is 0 Å². The van der Waals surface area contributed by atoms with Crippen molar-refractivity contribution in [2.45, 2.75) is 51.3 Å². The maximum atomic E-state index is 13.0. The fraction of sp³-hybridized carbons (Fsp3) is 0.440. The van der Waals surface area contributed by atoms with Gasteiger partial charge in [-0.1, -0.05) is 37.1 Å². The number of unbranched alkanes of at least 4 members (excludes halogenated alkanes) is 1. The second-order valence-corrected chi connectivity index (χ2v) is 10.3. The van der Waals surface area contributed by atoms with Gasteiger partial charge in [0, 0.05) is 36.8 Å². The smallest absolute Gasteiger partial charge is 0.262 e. The molecule has 8 heteroatoms. The summed E-state index contributed by atoms with van der Waals surface area (Å²) in [5.41, 5.74) is 2.41. The molecule has 2 aromatic carbocycles. The number of benzene rings is 2. The Hall–Kier alpha value is -2.87. The van der Waals surface area contributed by atoms with E-state index in [0.717, 1.165) is 18.4 Å². The predicted molar refractivity (Wildman–Crippen MR) is 130 cm³/mol. The van der Waals surface area contributed by atoms with Gasteiger partial charge in [0.2, 0.25) is 5.91 Å². The molecule has 0 spiro atoms. The third-order valence-electron chi connectivity index (χ3n) is 5.96. The quantitative estimate of drug-likeness (QED) is 0.571. The highest BCUT2D eigenvalue weighted by atomic mass is 32.2. The highest BCUT2D eigenvalue weighted by molar-refractivity contribution is 7.92. The van der Waals surface area contributed by atoms with Gasteiger partial charge in [0.15, 0.2) is 0 Å². The number of carbonyl (C=O) groups excluding carboxylic acids is 2. The van der Waals surface area contributed by atoms with Crippen molar-refractivity contribution in [3.05, 3.63) is 59.2 Å². The van der Waals surface area contributed by atoms with Crippen LogP contribution in [0.25, 0.3) is 0 Å². The lowest BCUT2D eigenvalue weighted by Gasteiger charge is -2.31. The van der Waals surface area contributed by atoms with Crippen LogP contribution in [0.5, 0.6) is 0 Å². The number of nitrogens with zero attached hydrogens (tertiary/aromatic N) is 1. The van der Waals surface area contributed by atoms with Crippen molar-refractivity contribution in [2.24, 2.45) is 5.92 Å². The van der Waals surface area contributed by atoms with Crippen molar-refractivity contribution < 1.29 is 18.0 Å². The fourth-order valence-corrected chi connectivity index (χ4v) is 5.36. The molecule has 0 radical (unpaired) electrons. The van der Waals surface area contributed by atoms with Gasteiger partial charge < -0.3 is 10.2 Å². The Labute approximate surface area is 196 Å². The number of rotatable bonds is 8. The Morgan fingerprint density at radius 1 is 1.06 bits per heavy atom. The van der Waals surface area contributed by atoms with Crippen LogP contribution in [0.1, 0.15) is 54.1 Å². The molecule has 1 heterocycles. The molecule has 0 saturated carbocycles. The van der Waals surface area contributed by atoms with Crippen molar-refractivity contribution in [1.29, 1.82) is 0 Å². The van der Waals surface area contributed by atoms with Crippen molar-refractivity contribution in [2.75, 3.05) is 24.4 Å². The number of anilines is 1. The Morgan fingerprint density at radius 2 is 1.79 bits per heavy atom. The maximum absolute atomic E-state index is 13.0. The average molecular weight is 472 g/mol. The molecule has 2 aromatic rings. The van der Waals surface area contributed by atoms with Gasteiger partial charge in [0.05, 0.1) is 4.90 Å². The van der Waals surface area contributed by atoms with Crippen LogP contribution in [0, 0.1) is 19.8 Å². The fourth-order valence-electron chi connectivity index (χ4n) is 4.09. The number of nitrogens with one attached hydrogen (secondary N) is 2. The normalized spacial score (nSPS) is 14.7. The summed E-state index contributed by atoms with van der Waals surface area (Å²) in [6, 6.07) is 11.7. The van der Waals surface area contributed by atoms with Gasteiger partial charge in [-0.2, -0.15) is 0 Å². The van der Waals surface area contributed by atoms with Crippen LogP contribution in [0.4, 0.5) is 5.69 Å². The van der Waals surface area contributed by atoms with Crippen molar-refractivity contribution in [1.82, 2.24) is 10.2 Å². The van der Waals surface area contributed by atoms with E-state index in [1.54, 1.807) is 48.2 Å². The minimum Gasteiger partial charge on any atom is -0.356 e. The number of hydrogen-bond donors (Lipinski definition) is 2. The molecular formula is C25H33N3O4S. The summed E-state index contributed by atoms with van der Waals surface area (Å²) in [4.78, 5) is 27.2. The van der Waals surface area contributed by atoms with Crippen LogP contribution >= 0.6 is 0 Å². The molecule has 1 saturated heterocycles. The molecule has 1 aliphatic rings. The Kier molecular flexibility index (Phi) is 8.13. The molecule has 0 aromatic heterocycles. The highest BCUT2D eigenvalue weighted by Gasteiger charge is 2.28. The number of likely N-dealkylation sites (tertiary alicyclic amines) is 1. The molecule has 0 unspecified atom stereocenters. The molecule has 1 aliphatic heterocycles. The van der Waals surface area contributed by atoms with Gasteiger partial charge in [-0.15, -0.1) is 0 Å². The summed E-state index contributed by atoms with van der Waals surface area (Å²) in [6.07, 6.45) is 3.26. The van der Waals surface area contributed by atoms with E-state index in [-0.39, 0.29) is 22.6 Å². The summed E-state index contributed by atoms with van der Waals surface area (Å²) in [7, 11) is -3.77. The second kappa shape index (κ2) is 10.8. The van der Waals surface area contributed by atoms with E-state index in [1.165, 1.54) is 0 Å². The lowest BCUT2D eigenvalue weighted by molar-refractivity contribution is -0.126. The van der Waals surface area contributed by atoms with Crippen molar-refractivity contribution in [3.8, 4) is 0 Å². The molecule has 0 bridgehead atoms. The first-order valence-corrected chi connectivity index (χ1v) is 13.0. The van der Waals surface area contributed by atoms with Gasteiger partial charge in [-0.25, -0.2) is 8.42 Å². The standard InChI is InChI=1S/C25H33N3O4S/c1-4-5-13-26-24(29)20-11-14-28(15-12-20)25(30)21-7-6-8-22(17-21)27-33(31,32)23-10-9-18(2)16-19(23)3/h6-10,16-17,20,27H,4-5,11-15H2,1-3H3,(H,26,29). The minimum atomic E-state index is -3.77. The topological polar surface area (TPSA) is 95.6 Å². The zero-order chi connectivity index (χ0) is 24.0. The first-order valence-electron chi connectivity index (χ1n) is 11.5. The van der Waals surface area contributed by atoms with E-state index in [1.807, 2.05) is 13.0 Å². The van der Waals surface area contributed by atoms with Crippen LogP contribution < -0.4 is 10.0 Å². The zero-order valence-corrected chi connectivity index (χ0v) is 20.4. The molecule has 1 fully saturated rings. The number of sulfonamides is 1. The van der Waals surface area contributed by atoms with E-state index < -0.39 is 10.0 Å². The van der Waals surface area contributed by atoms with E-state index in [4.69, 9.17) is 0 Å². The zero-order valence-electron chi connectivity index (χ0n) is 19.6. The number of piperidine rings is 1. The average Bonchev–Trinajstić information content (AvgIpc) is 2.78. The predicted octanol–water partition coefficient (Wildman–Crippen LogP) is 3.87. The van der Waals surface area contributed by atoms with Crippen LogP contribution in [0.15, 0.2) is 47.4 Å². The maximum Gasteiger partial charge on any atom is 0.262 e. The first kappa shape index (κ1) is 24.8. The number of hydrogen-bond acceptors (Lipinski definition) is 4. The number of amides is 2. The van der Waals surface area contributed by atoms with E-state index >= 15 is 0 Å².